The van der Waals surface area contributed by atoms with Crippen LogP contribution >= 0.6 is 0 Å². The van der Waals surface area contributed by atoms with E-state index in [9.17, 15) is 14.3 Å². The van der Waals surface area contributed by atoms with Crippen molar-refractivity contribution in [2.45, 2.75) is 6.54 Å². The van der Waals surface area contributed by atoms with Crippen LogP contribution in [0.5, 0.6) is 17.2 Å². The molecule has 7 nitrogen and oxygen atoms in total. The maximum Gasteiger partial charge on any atom is 0.238 e. The normalized spacial score (nSPS) is 16.9. The minimum atomic E-state index is -0.331. The van der Waals surface area contributed by atoms with Crippen LogP contribution in [0.2, 0.25) is 0 Å². The molecular weight excluding hydrogens is 365 g/mol. The second-order valence-electron chi connectivity index (χ2n) is 6.94. The summed E-state index contributed by atoms with van der Waals surface area (Å²) in [6.07, 6.45) is 0. The van der Waals surface area contributed by atoms with Crippen molar-refractivity contribution in [2.75, 3.05) is 44.8 Å². The van der Waals surface area contributed by atoms with Crippen molar-refractivity contribution in [2.24, 2.45) is 0 Å². The Bertz CT molecular complexity index is 851. The van der Waals surface area contributed by atoms with Gasteiger partial charge >= 0.3 is 0 Å². The van der Waals surface area contributed by atoms with Gasteiger partial charge in [-0.25, -0.2) is 4.39 Å². The molecule has 4 rings (SSSR count). The quantitative estimate of drug-likeness (QED) is 0.818. The van der Waals surface area contributed by atoms with Gasteiger partial charge in [0, 0.05) is 50.0 Å². The second kappa shape index (κ2) is 8.04. The van der Waals surface area contributed by atoms with Crippen LogP contribution in [0.4, 0.5) is 10.1 Å². The zero-order valence-corrected chi connectivity index (χ0v) is 15.4. The van der Waals surface area contributed by atoms with Crippen molar-refractivity contribution >= 4 is 11.6 Å². The van der Waals surface area contributed by atoms with Crippen LogP contribution in [-0.2, 0) is 11.3 Å². The Balaban J connectivity index is 1.25. The van der Waals surface area contributed by atoms with E-state index in [0.29, 0.717) is 30.3 Å². The monoisotopic (exact) mass is 387 g/mol. The number of fused-ring (bicyclic) bond motifs is 1. The molecule has 8 heteroatoms. The average molecular weight is 387 g/mol. The van der Waals surface area contributed by atoms with Crippen LogP contribution in [-0.4, -0.2) is 60.3 Å². The summed E-state index contributed by atoms with van der Waals surface area (Å²) in [5.74, 6) is 0.976. The minimum absolute atomic E-state index is 0.117. The molecule has 0 atom stereocenters. The van der Waals surface area contributed by atoms with Crippen LogP contribution in [0.25, 0.3) is 0 Å². The Morgan fingerprint density at radius 3 is 2.39 bits per heavy atom. The number of piperazine rings is 1. The van der Waals surface area contributed by atoms with E-state index in [1.807, 2.05) is 6.07 Å². The molecule has 2 aromatic carbocycles. The Morgan fingerprint density at radius 2 is 1.68 bits per heavy atom. The highest BCUT2D eigenvalue weighted by Gasteiger charge is 2.22. The molecule has 2 aromatic rings. The summed E-state index contributed by atoms with van der Waals surface area (Å²) < 4.78 is 23.6. The van der Waals surface area contributed by atoms with Crippen LogP contribution < -0.4 is 14.8 Å². The summed E-state index contributed by atoms with van der Waals surface area (Å²) in [4.78, 5) is 16.5. The molecule has 1 amide bonds. The molecule has 28 heavy (non-hydrogen) atoms. The smallest absolute Gasteiger partial charge is 0.238 e. The van der Waals surface area contributed by atoms with Crippen molar-refractivity contribution in [3.05, 3.63) is 47.8 Å². The molecule has 0 unspecified atom stereocenters. The molecule has 148 valence electrons. The van der Waals surface area contributed by atoms with Crippen molar-refractivity contribution in [3.8, 4) is 17.2 Å². The number of phenols is 1. The SMILES string of the molecule is O=C(CN1CCN(Cc2cc3c(cc2O)OCO3)CC1)Nc1ccc(F)cc1. The Hall–Kier alpha value is -2.84. The molecule has 0 bridgehead atoms. The lowest BCUT2D eigenvalue weighted by atomic mass is 10.1. The van der Waals surface area contributed by atoms with Gasteiger partial charge in [-0.1, -0.05) is 0 Å². The summed E-state index contributed by atoms with van der Waals surface area (Å²) in [6, 6.07) is 9.14. The standard InChI is InChI=1S/C20H22FN3O4/c21-15-1-3-16(4-2-15)22-20(26)12-24-7-5-23(6-8-24)11-14-9-18-19(10-17(14)25)28-13-27-18/h1-4,9-10,25H,5-8,11-13H2,(H,22,26). The molecule has 0 radical (unpaired) electrons. The van der Waals surface area contributed by atoms with Crippen LogP contribution in [0.3, 0.4) is 0 Å². The van der Waals surface area contributed by atoms with Crippen molar-refractivity contribution < 1.29 is 23.8 Å². The van der Waals surface area contributed by atoms with Crippen LogP contribution in [0.15, 0.2) is 36.4 Å². The van der Waals surface area contributed by atoms with E-state index in [0.717, 1.165) is 31.7 Å². The molecule has 2 N–H and O–H groups in total. The van der Waals surface area contributed by atoms with Gasteiger partial charge in [0.25, 0.3) is 0 Å². The predicted octanol–water partition coefficient (Wildman–Crippen LogP) is 2.02. The predicted molar refractivity (Wildman–Crippen MR) is 101 cm³/mol. The number of hydrogen-bond acceptors (Lipinski definition) is 6. The van der Waals surface area contributed by atoms with Gasteiger partial charge in [0.05, 0.1) is 6.54 Å². The van der Waals surface area contributed by atoms with E-state index in [1.54, 1.807) is 18.2 Å². The average Bonchev–Trinajstić information content (AvgIpc) is 3.12. The van der Waals surface area contributed by atoms with Crippen molar-refractivity contribution in [3.63, 3.8) is 0 Å². The molecule has 0 spiro atoms. The first-order valence-corrected chi connectivity index (χ1v) is 9.18. The van der Waals surface area contributed by atoms with Gasteiger partial charge in [-0.15, -0.1) is 0 Å². The molecule has 2 aliphatic rings. The Labute approximate surface area is 162 Å². The van der Waals surface area contributed by atoms with Crippen LogP contribution in [0.1, 0.15) is 5.56 Å². The number of halogens is 1. The number of nitrogens with zero attached hydrogens (tertiary/aromatic N) is 2. The lowest BCUT2D eigenvalue weighted by molar-refractivity contribution is -0.117. The summed E-state index contributed by atoms with van der Waals surface area (Å²) in [6.45, 7) is 4.16. The van der Waals surface area contributed by atoms with Crippen LogP contribution in [0, 0.1) is 5.82 Å². The first-order chi connectivity index (χ1) is 13.6. The fourth-order valence-corrected chi connectivity index (χ4v) is 3.38. The van der Waals surface area contributed by atoms with Gasteiger partial charge in [0.15, 0.2) is 11.5 Å². The zero-order chi connectivity index (χ0) is 19.5. The molecule has 0 saturated carbocycles. The Kier molecular flexibility index (Phi) is 5.31. The molecule has 1 fully saturated rings. The maximum absolute atomic E-state index is 12.9. The van der Waals surface area contributed by atoms with Gasteiger partial charge in [-0.2, -0.15) is 0 Å². The third-order valence-corrected chi connectivity index (χ3v) is 4.93. The summed E-state index contributed by atoms with van der Waals surface area (Å²) in [5.41, 5.74) is 1.38. The molecule has 0 aromatic heterocycles. The summed E-state index contributed by atoms with van der Waals surface area (Å²) in [5, 5.41) is 13.0. The van der Waals surface area contributed by atoms with Gasteiger partial charge in [-0.05, 0) is 30.3 Å². The second-order valence-corrected chi connectivity index (χ2v) is 6.94. The number of amides is 1. The van der Waals surface area contributed by atoms with Gasteiger partial charge in [0.2, 0.25) is 12.7 Å². The molecule has 0 aliphatic carbocycles. The number of hydrogen-bond donors (Lipinski definition) is 2. The first kappa shape index (κ1) is 18.5. The first-order valence-electron chi connectivity index (χ1n) is 9.18. The number of aromatic hydroxyl groups is 1. The number of ether oxygens (including phenoxy) is 2. The van der Waals surface area contributed by atoms with E-state index in [2.05, 4.69) is 15.1 Å². The molecule has 2 heterocycles. The molecule has 2 aliphatic heterocycles. The maximum atomic E-state index is 12.9. The lowest BCUT2D eigenvalue weighted by Crippen LogP contribution is -2.48. The van der Waals surface area contributed by atoms with Crippen molar-refractivity contribution in [1.29, 1.82) is 0 Å². The van der Waals surface area contributed by atoms with E-state index in [1.165, 1.54) is 12.1 Å². The largest absolute Gasteiger partial charge is 0.507 e. The number of carbonyl (C=O) groups is 1. The van der Waals surface area contributed by atoms with E-state index >= 15 is 0 Å². The zero-order valence-electron chi connectivity index (χ0n) is 15.4. The number of anilines is 1. The van der Waals surface area contributed by atoms with E-state index in [-0.39, 0.29) is 24.3 Å². The highest BCUT2D eigenvalue weighted by atomic mass is 19.1. The van der Waals surface area contributed by atoms with Gasteiger partial charge in [0.1, 0.15) is 11.6 Å². The topological polar surface area (TPSA) is 74.3 Å². The van der Waals surface area contributed by atoms with Gasteiger partial charge in [-0.3, -0.25) is 14.6 Å². The Morgan fingerprint density at radius 1 is 1.04 bits per heavy atom. The number of benzene rings is 2. The summed E-state index contributed by atoms with van der Waals surface area (Å²) in [7, 11) is 0. The number of rotatable bonds is 5. The highest BCUT2D eigenvalue weighted by Crippen LogP contribution is 2.38. The minimum Gasteiger partial charge on any atom is -0.507 e. The van der Waals surface area contributed by atoms with Gasteiger partial charge < -0.3 is 19.9 Å². The highest BCUT2D eigenvalue weighted by molar-refractivity contribution is 5.92. The molecular formula is C20H22FN3O4. The fraction of sp³-hybridized carbons (Fsp3) is 0.350. The van der Waals surface area contributed by atoms with E-state index < -0.39 is 0 Å². The number of carbonyl (C=O) groups excluding carboxylic acids is 1. The fourth-order valence-electron chi connectivity index (χ4n) is 3.38. The number of phenolic OH excluding ortho intramolecular Hbond substituents is 1. The number of nitrogens with one attached hydrogen (secondary N) is 1. The summed E-state index contributed by atoms with van der Waals surface area (Å²) >= 11 is 0. The lowest BCUT2D eigenvalue weighted by Gasteiger charge is -2.34. The van der Waals surface area contributed by atoms with E-state index in [4.69, 9.17) is 9.47 Å². The third kappa shape index (κ3) is 4.35. The third-order valence-electron chi connectivity index (χ3n) is 4.93. The van der Waals surface area contributed by atoms with Crippen molar-refractivity contribution in [1.82, 2.24) is 9.80 Å². The molecule has 1 saturated heterocycles.